The van der Waals surface area contributed by atoms with E-state index >= 15 is 0 Å². The van der Waals surface area contributed by atoms with E-state index in [-0.39, 0.29) is 5.82 Å². The van der Waals surface area contributed by atoms with Gasteiger partial charge in [-0.3, -0.25) is 4.57 Å². The fourth-order valence-electron chi connectivity index (χ4n) is 2.38. The molecule has 1 aliphatic heterocycles. The van der Waals surface area contributed by atoms with Crippen LogP contribution in [0, 0.1) is 0 Å². The lowest BCUT2D eigenvalue weighted by Crippen LogP contribution is -2.31. The number of imidazole rings is 1. The van der Waals surface area contributed by atoms with Crippen LogP contribution in [0.5, 0.6) is 0 Å². The maximum atomic E-state index is 10.1. The first kappa shape index (κ1) is 13.6. The fraction of sp³-hybridized carbons (Fsp3) is 0.545. The molecule has 0 aromatic carbocycles. The first-order chi connectivity index (χ1) is 9.63. The first-order valence-electron chi connectivity index (χ1n) is 6.19. The molecule has 20 heavy (non-hydrogen) atoms. The lowest BCUT2D eigenvalue weighted by atomic mass is 10.1. The highest BCUT2D eigenvalue weighted by Crippen LogP contribution is 2.33. The van der Waals surface area contributed by atoms with Crippen LogP contribution in [-0.4, -0.2) is 53.8 Å². The average Bonchev–Trinajstić information content (AvgIpc) is 2.97. The Labute approximate surface area is 120 Å². The highest BCUT2D eigenvalue weighted by Gasteiger charge is 2.43. The maximum absolute atomic E-state index is 10.1. The molecule has 8 nitrogen and oxygen atoms in total. The van der Waals surface area contributed by atoms with Crippen LogP contribution < -0.4 is 5.73 Å². The van der Waals surface area contributed by atoms with Gasteiger partial charge in [0.25, 0.3) is 0 Å². The van der Waals surface area contributed by atoms with Gasteiger partial charge in [-0.2, -0.15) is 12.6 Å². The number of ether oxygens (including phenoxy) is 1. The molecule has 108 valence electrons. The minimum absolute atomic E-state index is 0.258. The van der Waals surface area contributed by atoms with Crippen LogP contribution in [0.2, 0.25) is 0 Å². The Kier molecular flexibility index (Phi) is 3.50. The third-order valence-corrected chi connectivity index (χ3v) is 3.67. The molecule has 1 saturated heterocycles. The quantitative estimate of drug-likeness (QED) is 0.556. The number of nitrogens with two attached hydrogens (primary N) is 1. The van der Waals surface area contributed by atoms with Gasteiger partial charge in [0.15, 0.2) is 17.7 Å². The molecule has 3 rings (SSSR count). The number of fused-ring (bicyclic) bond motifs is 1. The molecule has 3 heterocycles. The van der Waals surface area contributed by atoms with Crippen LogP contribution in [0.15, 0.2) is 12.7 Å². The highest BCUT2D eigenvalue weighted by molar-refractivity contribution is 7.80. The number of aromatic nitrogens is 4. The molecule has 0 saturated carbocycles. The normalized spacial score (nSPS) is 30.1. The number of hydrogen-bond acceptors (Lipinski definition) is 8. The summed E-state index contributed by atoms with van der Waals surface area (Å²) in [5.74, 6) is 0.815. The summed E-state index contributed by atoms with van der Waals surface area (Å²) in [4.78, 5) is 12.1. The molecule has 2 aromatic heterocycles. The third kappa shape index (κ3) is 2.03. The maximum Gasteiger partial charge on any atom is 0.167 e. The molecule has 1 unspecified atom stereocenters. The molecule has 0 radical (unpaired) electrons. The summed E-state index contributed by atoms with van der Waals surface area (Å²) < 4.78 is 7.25. The summed E-state index contributed by atoms with van der Waals surface area (Å²) in [6, 6.07) is 0. The number of hydrogen-bond donors (Lipinski definition) is 4. The second kappa shape index (κ2) is 5.17. The molecule has 9 heteroatoms. The zero-order valence-corrected chi connectivity index (χ0v) is 11.4. The Morgan fingerprint density at radius 2 is 2.10 bits per heavy atom. The highest BCUT2D eigenvalue weighted by atomic mass is 32.1. The van der Waals surface area contributed by atoms with E-state index in [9.17, 15) is 10.2 Å². The smallest absolute Gasteiger partial charge is 0.167 e. The van der Waals surface area contributed by atoms with Crippen molar-refractivity contribution in [3.8, 4) is 0 Å². The number of nitrogens with zero attached hydrogens (tertiary/aromatic N) is 4. The number of anilines is 1. The van der Waals surface area contributed by atoms with Gasteiger partial charge in [-0.25, -0.2) is 15.0 Å². The Bertz CT molecular complexity index is 621. The standard InChI is InChI=1S/C11H15N5O3S/c12-9-6-10(14-3-13-9)16(4-15-6)11-8(18)7(17)5(19-11)1-2-20/h3-5,7-8,11,17-18,20H,1-2H2,(H2,12,13,14)/t5-,7?,8+,11-/m1/s1. The van der Waals surface area contributed by atoms with Crippen molar-refractivity contribution in [3.05, 3.63) is 12.7 Å². The van der Waals surface area contributed by atoms with Gasteiger partial charge in [0.2, 0.25) is 0 Å². The predicted molar refractivity (Wildman–Crippen MR) is 74.1 cm³/mol. The molecule has 2 aromatic rings. The molecule has 0 aliphatic carbocycles. The van der Waals surface area contributed by atoms with Gasteiger partial charge >= 0.3 is 0 Å². The molecule has 0 spiro atoms. The van der Waals surface area contributed by atoms with Crippen LogP contribution in [0.25, 0.3) is 11.2 Å². The lowest BCUT2D eigenvalue weighted by molar-refractivity contribution is -0.0352. The van der Waals surface area contributed by atoms with E-state index in [1.165, 1.54) is 12.7 Å². The summed E-state index contributed by atoms with van der Waals surface area (Å²) >= 11 is 4.11. The van der Waals surface area contributed by atoms with Crippen molar-refractivity contribution in [1.82, 2.24) is 19.5 Å². The van der Waals surface area contributed by atoms with Crippen molar-refractivity contribution < 1.29 is 14.9 Å². The Morgan fingerprint density at radius 3 is 2.85 bits per heavy atom. The predicted octanol–water partition coefficient (Wildman–Crippen LogP) is -0.652. The van der Waals surface area contributed by atoms with Gasteiger partial charge in [0, 0.05) is 0 Å². The van der Waals surface area contributed by atoms with Crippen molar-refractivity contribution in [1.29, 1.82) is 0 Å². The van der Waals surface area contributed by atoms with Gasteiger partial charge in [-0.15, -0.1) is 0 Å². The molecule has 0 bridgehead atoms. The van der Waals surface area contributed by atoms with Gasteiger partial charge < -0.3 is 20.7 Å². The van der Waals surface area contributed by atoms with Crippen molar-refractivity contribution in [2.24, 2.45) is 0 Å². The number of thiol groups is 1. The second-order valence-corrected chi connectivity index (χ2v) is 5.09. The largest absolute Gasteiger partial charge is 0.388 e. The van der Waals surface area contributed by atoms with E-state index in [0.717, 1.165) is 0 Å². The Morgan fingerprint density at radius 1 is 1.30 bits per heavy atom. The van der Waals surface area contributed by atoms with Gasteiger partial charge in [-0.1, -0.05) is 0 Å². The van der Waals surface area contributed by atoms with Crippen LogP contribution in [-0.2, 0) is 4.74 Å². The van der Waals surface area contributed by atoms with E-state index in [0.29, 0.717) is 23.3 Å². The summed E-state index contributed by atoms with van der Waals surface area (Å²) in [7, 11) is 0. The minimum Gasteiger partial charge on any atom is -0.388 e. The van der Waals surface area contributed by atoms with Crippen molar-refractivity contribution in [2.75, 3.05) is 11.5 Å². The van der Waals surface area contributed by atoms with Crippen LogP contribution in [0.4, 0.5) is 5.82 Å². The van der Waals surface area contributed by atoms with E-state index < -0.39 is 24.5 Å². The minimum atomic E-state index is -1.06. The third-order valence-electron chi connectivity index (χ3n) is 3.41. The topological polar surface area (TPSA) is 119 Å². The molecular formula is C11H15N5O3S. The van der Waals surface area contributed by atoms with E-state index in [1.807, 2.05) is 0 Å². The van der Waals surface area contributed by atoms with Gasteiger partial charge in [0.05, 0.1) is 12.4 Å². The fourth-order valence-corrected chi connectivity index (χ4v) is 2.64. The van der Waals surface area contributed by atoms with Crippen LogP contribution in [0.1, 0.15) is 12.6 Å². The van der Waals surface area contributed by atoms with Gasteiger partial charge in [-0.05, 0) is 12.2 Å². The molecule has 4 N–H and O–H groups in total. The molecule has 1 fully saturated rings. The lowest BCUT2D eigenvalue weighted by Gasteiger charge is -2.16. The van der Waals surface area contributed by atoms with E-state index in [2.05, 4.69) is 27.6 Å². The average molecular weight is 297 g/mol. The zero-order valence-electron chi connectivity index (χ0n) is 10.5. The summed E-state index contributed by atoms with van der Waals surface area (Å²) in [6.07, 6.45) is 0.0790. The number of aliphatic hydroxyl groups excluding tert-OH is 2. The van der Waals surface area contributed by atoms with Crippen LogP contribution >= 0.6 is 12.6 Å². The Balaban J connectivity index is 1.97. The molecule has 0 amide bonds. The van der Waals surface area contributed by atoms with Gasteiger partial charge in [0.1, 0.15) is 24.1 Å². The number of aliphatic hydroxyl groups is 2. The van der Waals surface area contributed by atoms with E-state index in [4.69, 9.17) is 10.5 Å². The van der Waals surface area contributed by atoms with E-state index in [1.54, 1.807) is 4.57 Å². The Hall–Kier alpha value is -1.42. The van der Waals surface area contributed by atoms with Crippen molar-refractivity contribution in [2.45, 2.75) is 31.0 Å². The summed E-state index contributed by atoms with van der Waals surface area (Å²) in [6.45, 7) is 0. The van der Waals surface area contributed by atoms with Crippen molar-refractivity contribution >= 4 is 29.6 Å². The van der Waals surface area contributed by atoms with Crippen molar-refractivity contribution in [3.63, 3.8) is 0 Å². The summed E-state index contributed by atoms with van der Waals surface area (Å²) in [5.41, 5.74) is 6.61. The zero-order chi connectivity index (χ0) is 14.3. The monoisotopic (exact) mass is 297 g/mol. The number of nitrogen functional groups attached to an aromatic ring is 1. The SMILES string of the molecule is Nc1ncnc2c1ncn2[C@@H]1O[C@H](CCS)C(O)[C@@H]1O. The first-order valence-corrected chi connectivity index (χ1v) is 6.82. The number of rotatable bonds is 3. The molecule has 4 atom stereocenters. The molecular weight excluding hydrogens is 282 g/mol. The molecule has 1 aliphatic rings. The second-order valence-electron chi connectivity index (χ2n) is 4.64. The summed E-state index contributed by atoms with van der Waals surface area (Å²) in [5, 5.41) is 20.1. The van der Waals surface area contributed by atoms with Crippen LogP contribution in [0.3, 0.4) is 0 Å².